The molecule has 1 N–H and O–H groups in total. The van der Waals surface area contributed by atoms with Gasteiger partial charge in [0.1, 0.15) is 5.75 Å². The average molecular weight is 205 g/mol. The molecule has 1 unspecified atom stereocenters. The van der Waals surface area contributed by atoms with Gasteiger partial charge in [-0.2, -0.15) is 0 Å². The minimum atomic E-state index is 0.375. The van der Waals surface area contributed by atoms with Gasteiger partial charge < -0.3 is 5.11 Å². The van der Waals surface area contributed by atoms with Crippen molar-refractivity contribution in [3.8, 4) is 5.75 Å². The van der Waals surface area contributed by atoms with E-state index in [0.717, 1.165) is 12.6 Å². The predicted molar refractivity (Wildman–Crippen MR) is 61.8 cm³/mol. The fourth-order valence-corrected chi connectivity index (χ4v) is 2.45. The van der Waals surface area contributed by atoms with Crippen LogP contribution >= 0.6 is 0 Å². The van der Waals surface area contributed by atoms with Crippen molar-refractivity contribution < 1.29 is 5.11 Å². The van der Waals surface area contributed by atoms with Crippen LogP contribution in [0.2, 0.25) is 0 Å². The molecule has 0 aromatic heterocycles. The molecule has 1 aliphatic rings. The number of hydrogen-bond acceptors (Lipinski definition) is 2. The topological polar surface area (TPSA) is 23.5 Å². The minimum Gasteiger partial charge on any atom is -0.508 e. The Labute approximate surface area is 91.5 Å². The average Bonchev–Trinajstić information content (AvgIpc) is 2.65. The van der Waals surface area contributed by atoms with Crippen molar-refractivity contribution >= 4 is 0 Å². The zero-order valence-electron chi connectivity index (χ0n) is 9.32. The fraction of sp³-hybridized carbons (Fsp3) is 0.538. The molecule has 1 fully saturated rings. The summed E-state index contributed by atoms with van der Waals surface area (Å²) in [6.45, 7) is 4.44. The van der Waals surface area contributed by atoms with Crippen molar-refractivity contribution in [1.29, 1.82) is 0 Å². The molecule has 15 heavy (non-hydrogen) atoms. The van der Waals surface area contributed by atoms with Crippen LogP contribution in [0, 0.1) is 0 Å². The molecular weight excluding hydrogens is 186 g/mol. The molecule has 2 heteroatoms. The summed E-state index contributed by atoms with van der Waals surface area (Å²) < 4.78 is 0. The largest absolute Gasteiger partial charge is 0.508 e. The second-order valence-electron chi connectivity index (χ2n) is 4.34. The molecule has 0 saturated carbocycles. The highest BCUT2D eigenvalue weighted by Gasteiger charge is 2.22. The summed E-state index contributed by atoms with van der Waals surface area (Å²) in [5, 5.41) is 9.39. The van der Waals surface area contributed by atoms with Gasteiger partial charge >= 0.3 is 0 Å². The van der Waals surface area contributed by atoms with Gasteiger partial charge in [-0.15, -0.1) is 0 Å². The maximum atomic E-state index is 9.39. The zero-order chi connectivity index (χ0) is 10.7. The number of benzene rings is 1. The first-order valence-corrected chi connectivity index (χ1v) is 5.81. The van der Waals surface area contributed by atoms with Crippen LogP contribution in [-0.2, 0) is 6.54 Å². The molecule has 82 valence electrons. The van der Waals surface area contributed by atoms with Crippen LogP contribution in [0.5, 0.6) is 5.75 Å². The van der Waals surface area contributed by atoms with E-state index in [1.54, 1.807) is 6.07 Å². The van der Waals surface area contributed by atoms with Crippen LogP contribution in [-0.4, -0.2) is 22.6 Å². The van der Waals surface area contributed by atoms with Crippen LogP contribution in [0.4, 0.5) is 0 Å². The van der Waals surface area contributed by atoms with Crippen LogP contribution in [0.15, 0.2) is 24.3 Å². The molecule has 1 aliphatic heterocycles. The maximum Gasteiger partial charge on any atom is 0.115 e. The highest BCUT2D eigenvalue weighted by atomic mass is 16.3. The zero-order valence-corrected chi connectivity index (χ0v) is 9.32. The van der Waals surface area contributed by atoms with Gasteiger partial charge in [0.25, 0.3) is 0 Å². The summed E-state index contributed by atoms with van der Waals surface area (Å²) in [4.78, 5) is 2.52. The van der Waals surface area contributed by atoms with Crippen molar-refractivity contribution in [3.05, 3.63) is 29.8 Å². The maximum absolute atomic E-state index is 9.39. The first-order chi connectivity index (χ1) is 7.29. The molecule has 1 aromatic rings. The molecule has 0 amide bonds. The Kier molecular flexibility index (Phi) is 3.27. The normalized spacial score (nSPS) is 22.1. The van der Waals surface area contributed by atoms with Gasteiger partial charge in [0.2, 0.25) is 0 Å². The highest BCUT2D eigenvalue weighted by Crippen LogP contribution is 2.23. The third-order valence-corrected chi connectivity index (χ3v) is 3.27. The number of nitrogens with zero attached hydrogens (tertiary/aromatic N) is 1. The van der Waals surface area contributed by atoms with Gasteiger partial charge in [-0.05, 0) is 43.5 Å². The summed E-state index contributed by atoms with van der Waals surface area (Å²) >= 11 is 0. The summed E-state index contributed by atoms with van der Waals surface area (Å²) in [6.07, 6.45) is 3.88. The minimum absolute atomic E-state index is 0.375. The van der Waals surface area contributed by atoms with Gasteiger partial charge in [-0.1, -0.05) is 19.1 Å². The Morgan fingerprint density at radius 2 is 2.33 bits per heavy atom. The van der Waals surface area contributed by atoms with E-state index < -0.39 is 0 Å². The Hall–Kier alpha value is -1.02. The van der Waals surface area contributed by atoms with Crippen molar-refractivity contribution in [2.24, 2.45) is 0 Å². The van der Waals surface area contributed by atoms with E-state index in [-0.39, 0.29) is 0 Å². The summed E-state index contributed by atoms with van der Waals surface area (Å²) in [5.74, 6) is 0.375. The smallest absolute Gasteiger partial charge is 0.115 e. The van der Waals surface area contributed by atoms with Gasteiger partial charge in [0.05, 0.1) is 0 Å². The van der Waals surface area contributed by atoms with E-state index in [0.29, 0.717) is 5.75 Å². The fourth-order valence-electron chi connectivity index (χ4n) is 2.45. The molecule has 2 nitrogen and oxygen atoms in total. The first kappa shape index (κ1) is 10.5. The number of likely N-dealkylation sites (tertiary alicyclic amines) is 1. The van der Waals surface area contributed by atoms with Crippen LogP contribution in [0.25, 0.3) is 0 Å². The van der Waals surface area contributed by atoms with Gasteiger partial charge in [0, 0.05) is 12.6 Å². The third-order valence-electron chi connectivity index (χ3n) is 3.27. The summed E-state index contributed by atoms with van der Waals surface area (Å²) in [6, 6.07) is 8.34. The standard InChI is InChI=1S/C13H19NO/c1-2-12-6-4-8-14(12)10-11-5-3-7-13(15)9-11/h3,5,7,9,12,15H,2,4,6,8,10H2,1H3. The van der Waals surface area contributed by atoms with Crippen molar-refractivity contribution in [2.45, 2.75) is 38.8 Å². The molecular formula is C13H19NO. The quantitative estimate of drug-likeness (QED) is 0.820. The lowest BCUT2D eigenvalue weighted by Gasteiger charge is -2.23. The Bertz CT molecular complexity index is 324. The second kappa shape index (κ2) is 4.67. The van der Waals surface area contributed by atoms with Crippen molar-refractivity contribution in [1.82, 2.24) is 4.90 Å². The van der Waals surface area contributed by atoms with Gasteiger partial charge in [-0.3, -0.25) is 4.90 Å². The van der Waals surface area contributed by atoms with Crippen molar-refractivity contribution in [3.63, 3.8) is 0 Å². The van der Waals surface area contributed by atoms with Crippen LogP contribution in [0.1, 0.15) is 31.7 Å². The Balaban J connectivity index is 2.02. The molecule has 1 heterocycles. The van der Waals surface area contributed by atoms with Gasteiger partial charge in [0.15, 0.2) is 0 Å². The van der Waals surface area contributed by atoms with E-state index in [2.05, 4.69) is 17.9 Å². The lowest BCUT2D eigenvalue weighted by Crippen LogP contribution is -2.28. The third kappa shape index (κ3) is 2.51. The number of phenolic OH excluding ortho intramolecular Hbond substituents is 1. The highest BCUT2D eigenvalue weighted by molar-refractivity contribution is 5.27. The molecule has 1 aromatic carbocycles. The summed E-state index contributed by atoms with van der Waals surface area (Å²) in [7, 11) is 0. The second-order valence-corrected chi connectivity index (χ2v) is 4.34. The van der Waals surface area contributed by atoms with E-state index in [9.17, 15) is 5.11 Å². The van der Waals surface area contributed by atoms with Gasteiger partial charge in [-0.25, -0.2) is 0 Å². The van der Waals surface area contributed by atoms with E-state index >= 15 is 0 Å². The number of aromatic hydroxyl groups is 1. The Morgan fingerprint density at radius 1 is 1.47 bits per heavy atom. The Morgan fingerprint density at radius 3 is 3.07 bits per heavy atom. The summed E-state index contributed by atoms with van der Waals surface area (Å²) in [5.41, 5.74) is 1.22. The van der Waals surface area contributed by atoms with Crippen LogP contribution in [0.3, 0.4) is 0 Å². The monoisotopic (exact) mass is 205 g/mol. The SMILES string of the molecule is CCC1CCCN1Cc1cccc(O)c1. The van der Waals surface area contributed by atoms with Crippen LogP contribution < -0.4 is 0 Å². The van der Waals surface area contributed by atoms with E-state index in [4.69, 9.17) is 0 Å². The first-order valence-electron chi connectivity index (χ1n) is 5.81. The predicted octanol–water partition coefficient (Wildman–Crippen LogP) is 2.77. The number of rotatable bonds is 3. The number of hydrogen-bond donors (Lipinski definition) is 1. The lowest BCUT2D eigenvalue weighted by molar-refractivity contribution is 0.240. The van der Waals surface area contributed by atoms with E-state index in [1.165, 1.54) is 31.4 Å². The molecule has 0 spiro atoms. The lowest BCUT2D eigenvalue weighted by atomic mass is 10.1. The molecule has 0 bridgehead atoms. The van der Waals surface area contributed by atoms with E-state index in [1.807, 2.05) is 12.1 Å². The molecule has 0 radical (unpaired) electrons. The van der Waals surface area contributed by atoms with Crippen molar-refractivity contribution in [2.75, 3.05) is 6.54 Å². The number of phenols is 1. The molecule has 1 atom stereocenters. The molecule has 0 aliphatic carbocycles. The molecule has 1 saturated heterocycles. The molecule has 2 rings (SSSR count).